The number of hydrogen-bond donors (Lipinski definition) is 1. The van der Waals surface area contributed by atoms with Gasteiger partial charge in [-0.3, -0.25) is 15.1 Å². The summed E-state index contributed by atoms with van der Waals surface area (Å²) < 4.78 is 5.45. The van der Waals surface area contributed by atoms with Gasteiger partial charge < -0.3 is 9.84 Å². The zero-order valence-corrected chi connectivity index (χ0v) is 10.7. The Morgan fingerprint density at radius 2 is 2.15 bits per heavy atom. The molecule has 0 radical (unpaired) electrons. The smallest absolute Gasteiger partial charge is 0.311 e. The Labute approximate surface area is 115 Å². The average Bonchev–Trinajstić information content (AvgIpc) is 2.48. The van der Waals surface area contributed by atoms with E-state index in [4.69, 9.17) is 9.84 Å². The first-order valence-electron chi connectivity index (χ1n) is 6.10. The highest BCUT2D eigenvalue weighted by Crippen LogP contribution is 2.28. The molecule has 6 nitrogen and oxygen atoms in total. The number of pyridine rings is 1. The van der Waals surface area contributed by atoms with Crippen molar-refractivity contribution in [2.24, 2.45) is 0 Å². The van der Waals surface area contributed by atoms with Crippen molar-refractivity contribution in [3.63, 3.8) is 0 Å². The van der Waals surface area contributed by atoms with E-state index in [1.165, 1.54) is 12.1 Å². The van der Waals surface area contributed by atoms with Crippen LogP contribution >= 0.6 is 0 Å². The van der Waals surface area contributed by atoms with Gasteiger partial charge in [0.25, 0.3) is 0 Å². The summed E-state index contributed by atoms with van der Waals surface area (Å²) in [6.07, 6.45) is 4.03. The minimum absolute atomic E-state index is 0.136. The van der Waals surface area contributed by atoms with Gasteiger partial charge in [-0.25, -0.2) is 0 Å². The van der Waals surface area contributed by atoms with E-state index < -0.39 is 4.92 Å². The molecule has 6 heteroatoms. The summed E-state index contributed by atoms with van der Waals surface area (Å²) >= 11 is 0. The predicted molar refractivity (Wildman–Crippen MR) is 72.5 cm³/mol. The summed E-state index contributed by atoms with van der Waals surface area (Å²) in [5.74, 6) is 0.205. The van der Waals surface area contributed by atoms with E-state index in [1.807, 2.05) is 12.1 Å². The number of nitro benzene ring substituents is 1. The molecule has 0 aliphatic rings. The van der Waals surface area contributed by atoms with Crippen molar-refractivity contribution in [2.75, 3.05) is 6.61 Å². The van der Waals surface area contributed by atoms with Crippen molar-refractivity contribution in [3.05, 3.63) is 64.0 Å². The van der Waals surface area contributed by atoms with Crippen LogP contribution in [0.1, 0.15) is 11.1 Å². The molecule has 0 saturated heterocycles. The number of ether oxygens (including phenoxy) is 1. The van der Waals surface area contributed by atoms with Gasteiger partial charge in [-0.05, 0) is 23.3 Å². The predicted octanol–water partition coefficient (Wildman–Crippen LogP) is 2.10. The number of aliphatic hydroxyl groups excluding tert-OH is 1. The Kier molecular flexibility index (Phi) is 4.62. The molecule has 0 aliphatic heterocycles. The van der Waals surface area contributed by atoms with Crippen LogP contribution in [0.2, 0.25) is 0 Å². The van der Waals surface area contributed by atoms with Crippen LogP contribution in [0.25, 0.3) is 0 Å². The number of rotatable bonds is 6. The van der Waals surface area contributed by atoms with Crippen molar-refractivity contribution in [1.29, 1.82) is 0 Å². The van der Waals surface area contributed by atoms with Gasteiger partial charge in [0, 0.05) is 24.9 Å². The van der Waals surface area contributed by atoms with Gasteiger partial charge in [-0.1, -0.05) is 12.1 Å². The second-order valence-corrected chi connectivity index (χ2v) is 4.18. The molecule has 0 spiro atoms. The highest BCUT2D eigenvalue weighted by atomic mass is 16.6. The highest BCUT2D eigenvalue weighted by molar-refractivity contribution is 5.48. The van der Waals surface area contributed by atoms with Crippen LogP contribution in [0.3, 0.4) is 0 Å². The highest BCUT2D eigenvalue weighted by Gasteiger charge is 2.15. The van der Waals surface area contributed by atoms with E-state index in [0.717, 1.165) is 5.56 Å². The van der Waals surface area contributed by atoms with E-state index in [-0.39, 0.29) is 18.0 Å². The average molecular weight is 274 g/mol. The van der Waals surface area contributed by atoms with Crippen molar-refractivity contribution < 1.29 is 14.8 Å². The Hall–Kier alpha value is -2.47. The van der Waals surface area contributed by atoms with E-state index >= 15 is 0 Å². The zero-order chi connectivity index (χ0) is 14.4. The molecule has 1 N–H and O–H groups in total. The number of nitro groups is 1. The summed E-state index contributed by atoms with van der Waals surface area (Å²) in [6.45, 7) is 0.0851. The molecule has 0 unspecified atom stereocenters. The number of aromatic nitrogens is 1. The lowest BCUT2D eigenvalue weighted by atomic mass is 10.2. The number of nitrogens with zero attached hydrogens (tertiary/aromatic N) is 2. The fourth-order valence-corrected chi connectivity index (χ4v) is 1.75. The normalized spacial score (nSPS) is 10.2. The van der Waals surface area contributed by atoms with Crippen LogP contribution in [0.15, 0.2) is 42.7 Å². The molecular formula is C14H14N2O4. The van der Waals surface area contributed by atoms with Crippen LogP contribution < -0.4 is 4.74 Å². The van der Waals surface area contributed by atoms with E-state index in [9.17, 15) is 10.1 Å². The van der Waals surface area contributed by atoms with Crippen LogP contribution in [0.5, 0.6) is 5.75 Å². The second kappa shape index (κ2) is 6.63. The van der Waals surface area contributed by atoms with Gasteiger partial charge in [0.1, 0.15) is 0 Å². The Morgan fingerprint density at radius 3 is 2.80 bits per heavy atom. The first-order valence-corrected chi connectivity index (χ1v) is 6.10. The summed E-state index contributed by atoms with van der Waals surface area (Å²) in [7, 11) is 0. The third-order valence-electron chi connectivity index (χ3n) is 2.77. The monoisotopic (exact) mass is 274 g/mol. The molecule has 0 atom stereocenters. The van der Waals surface area contributed by atoms with Crippen molar-refractivity contribution in [1.82, 2.24) is 4.98 Å². The second-order valence-electron chi connectivity index (χ2n) is 4.18. The molecule has 1 aromatic heterocycles. The Bertz CT molecular complexity index is 587. The van der Waals surface area contributed by atoms with Crippen molar-refractivity contribution in [3.8, 4) is 5.75 Å². The molecule has 0 saturated carbocycles. The fraction of sp³-hybridized carbons (Fsp3) is 0.214. The maximum Gasteiger partial charge on any atom is 0.311 e. The third kappa shape index (κ3) is 3.52. The summed E-state index contributed by atoms with van der Waals surface area (Å²) in [5.41, 5.74) is 1.35. The van der Waals surface area contributed by atoms with Gasteiger partial charge in [0.15, 0.2) is 5.75 Å². The zero-order valence-electron chi connectivity index (χ0n) is 10.7. The molecule has 104 valence electrons. The molecule has 0 amide bonds. The topological polar surface area (TPSA) is 85.5 Å². The van der Waals surface area contributed by atoms with Crippen molar-refractivity contribution in [2.45, 2.75) is 13.0 Å². The van der Waals surface area contributed by atoms with E-state index in [1.54, 1.807) is 18.5 Å². The van der Waals surface area contributed by atoms with Gasteiger partial charge in [-0.15, -0.1) is 0 Å². The summed E-state index contributed by atoms with van der Waals surface area (Å²) in [4.78, 5) is 14.4. The Balaban J connectivity index is 2.04. The molecule has 0 aliphatic carbocycles. The lowest BCUT2D eigenvalue weighted by Crippen LogP contribution is -2.04. The minimum Gasteiger partial charge on any atom is -0.486 e. The Morgan fingerprint density at radius 1 is 1.30 bits per heavy atom. The minimum atomic E-state index is -0.515. The SMILES string of the molecule is O=[N+]([O-])c1cc(CO)ccc1OCCc1cccnc1. The fourth-order valence-electron chi connectivity index (χ4n) is 1.75. The third-order valence-corrected chi connectivity index (χ3v) is 2.77. The van der Waals surface area contributed by atoms with Gasteiger partial charge in [0.2, 0.25) is 0 Å². The van der Waals surface area contributed by atoms with Crippen molar-refractivity contribution >= 4 is 5.69 Å². The summed E-state index contributed by atoms with van der Waals surface area (Å²) in [5, 5.41) is 19.9. The lowest BCUT2D eigenvalue weighted by molar-refractivity contribution is -0.386. The van der Waals surface area contributed by atoms with Crippen LogP contribution in [0, 0.1) is 10.1 Å². The largest absolute Gasteiger partial charge is 0.486 e. The number of aliphatic hydroxyl groups is 1. The van der Waals surface area contributed by atoms with Gasteiger partial charge in [-0.2, -0.15) is 0 Å². The molecule has 2 aromatic rings. The lowest BCUT2D eigenvalue weighted by Gasteiger charge is -2.07. The number of benzene rings is 1. The van der Waals surface area contributed by atoms with E-state index in [2.05, 4.69) is 4.98 Å². The molecule has 0 bridgehead atoms. The first-order chi connectivity index (χ1) is 9.70. The first kappa shape index (κ1) is 14.0. The molecule has 0 fully saturated rings. The molecular weight excluding hydrogens is 260 g/mol. The number of hydrogen-bond acceptors (Lipinski definition) is 5. The van der Waals surface area contributed by atoms with Crippen LogP contribution in [0.4, 0.5) is 5.69 Å². The van der Waals surface area contributed by atoms with Gasteiger partial charge in [0.05, 0.1) is 18.1 Å². The van der Waals surface area contributed by atoms with E-state index in [0.29, 0.717) is 18.6 Å². The standard InChI is InChI=1S/C14H14N2O4/c17-10-12-3-4-14(13(8-12)16(18)19)20-7-5-11-2-1-6-15-9-11/h1-4,6,8-9,17H,5,7,10H2. The quantitative estimate of drug-likeness (QED) is 0.644. The molecule has 1 heterocycles. The molecule has 2 rings (SSSR count). The molecule has 1 aromatic carbocycles. The van der Waals surface area contributed by atoms with Crippen LogP contribution in [-0.2, 0) is 13.0 Å². The van der Waals surface area contributed by atoms with Crippen LogP contribution in [-0.4, -0.2) is 21.6 Å². The maximum atomic E-state index is 11.0. The summed E-state index contributed by atoms with van der Waals surface area (Å²) in [6, 6.07) is 8.17. The van der Waals surface area contributed by atoms with Gasteiger partial charge >= 0.3 is 5.69 Å². The maximum absolute atomic E-state index is 11.0. The molecule has 20 heavy (non-hydrogen) atoms.